The lowest BCUT2D eigenvalue weighted by Gasteiger charge is -2.03. The van der Waals surface area contributed by atoms with Crippen molar-refractivity contribution in [2.45, 2.75) is 0 Å². The van der Waals surface area contributed by atoms with Crippen LogP contribution in [0.4, 0.5) is 0 Å². The second-order valence-electron chi connectivity index (χ2n) is 4.75. The van der Waals surface area contributed by atoms with Gasteiger partial charge in [0.05, 0.1) is 22.4 Å². The summed E-state index contributed by atoms with van der Waals surface area (Å²) in [6.45, 7) is 0. The molecule has 6 heteroatoms. The number of halogens is 1. The summed E-state index contributed by atoms with van der Waals surface area (Å²) in [6.07, 6.45) is 5.35. The van der Waals surface area contributed by atoms with E-state index in [9.17, 15) is 0 Å². The largest absolute Gasteiger partial charge is 0.284 e. The van der Waals surface area contributed by atoms with Gasteiger partial charge in [-0.2, -0.15) is 5.10 Å². The summed E-state index contributed by atoms with van der Waals surface area (Å²) >= 11 is 3.43. The fourth-order valence-electron chi connectivity index (χ4n) is 2.32. The number of fused-ring (bicyclic) bond motifs is 1. The number of pyridine rings is 3. The number of nitrogens with zero attached hydrogens (tertiary/aromatic N) is 4. The predicted octanol–water partition coefficient (Wildman–Crippen LogP) is 3.84. The van der Waals surface area contributed by atoms with Gasteiger partial charge in [-0.05, 0) is 46.3 Å². The lowest BCUT2D eigenvalue weighted by atomic mass is 10.1. The zero-order chi connectivity index (χ0) is 14.9. The molecule has 0 aliphatic heterocycles. The zero-order valence-electron chi connectivity index (χ0n) is 11.4. The normalized spacial score (nSPS) is 11.0. The Kier molecular flexibility index (Phi) is 3.16. The van der Waals surface area contributed by atoms with Gasteiger partial charge in [0, 0.05) is 28.6 Å². The molecule has 22 heavy (non-hydrogen) atoms. The molecule has 0 fully saturated rings. The molecule has 4 heterocycles. The molecular weight excluding hydrogens is 342 g/mol. The van der Waals surface area contributed by atoms with Gasteiger partial charge in [-0.25, -0.2) is 4.98 Å². The van der Waals surface area contributed by atoms with Gasteiger partial charge >= 0.3 is 0 Å². The highest BCUT2D eigenvalue weighted by Crippen LogP contribution is 2.28. The summed E-state index contributed by atoms with van der Waals surface area (Å²) in [5.74, 6) is 0. The number of hydrogen-bond acceptors (Lipinski definition) is 4. The van der Waals surface area contributed by atoms with Crippen molar-refractivity contribution in [2.24, 2.45) is 0 Å². The summed E-state index contributed by atoms with van der Waals surface area (Å²) in [4.78, 5) is 13.4. The molecule has 5 nitrogen and oxygen atoms in total. The van der Waals surface area contributed by atoms with E-state index >= 15 is 0 Å². The van der Waals surface area contributed by atoms with E-state index in [0.717, 1.165) is 38.2 Å². The molecular formula is C16H10BrN5. The Morgan fingerprint density at radius 3 is 2.77 bits per heavy atom. The molecule has 0 saturated heterocycles. The monoisotopic (exact) mass is 351 g/mol. The predicted molar refractivity (Wildman–Crippen MR) is 88.1 cm³/mol. The standard InChI is InChI=1S/C16H10BrN5/c17-10-7-15-13(19-8-10)5-4-12(21-15)11-9-20-22-16(11)14-3-1-2-6-18-14/h1-9H,(H,20,22). The van der Waals surface area contributed by atoms with Crippen LogP contribution in [0.1, 0.15) is 0 Å². The van der Waals surface area contributed by atoms with Crippen LogP contribution in [0, 0.1) is 0 Å². The molecule has 0 amide bonds. The van der Waals surface area contributed by atoms with Crippen LogP contribution in [0.3, 0.4) is 0 Å². The van der Waals surface area contributed by atoms with E-state index in [1.54, 1.807) is 12.4 Å². The van der Waals surface area contributed by atoms with Crippen molar-refractivity contribution in [3.63, 3.8) is 0 Å². The first kappa shape index (κ1) is 13.1. The molecule has 0 aromatic carbocycles. The Morgan fingerprint density at radius 2 is 1.91 bits per heavy atom. The third-order valence-corrected chi connectivity index (χ3v) is 3.76. The molecule has 0 bridgehead atoms. The second-order valence-corrected chi connectivity index (χ2v) is 5.67. The minimum atomic E-state index is 0.787. The number of H-pyrrole nitrogens is 1. The van der Waals surface area contributed by atoms with Gasteiger partial charge in [-0.15, -0.1) is 0 Å². The summed E-state index contributed by atoms with van der Waals surface area (Å²) in [5.41, 5.74) is 5.04. The molecule has 0 aliphatic rings. The average molecular weight is 352 g/mol. The van der Waals surface area contributed by atoms with Gasteiger partial charge in [0.1, 0.15) is 5.69 Å². The van der Waals surface area contributed by atoms with Crippen LogP contribution < -0.4 is 0 Å². The topological polar surface area (TPSA) is 67.3 Å². The fraction of sp³-hybridized carbons (Fsp3) is 0. The van der Waals surface area contributed by atoms with Gasteiger partial charge in [0.15, 0.2) is 0 Å². The number of nitrogens with one attached hydrogen (secondary N) is 1. The second kappa shape index (κ2) is 5.31. The number of hydrogen-bond donors (Lipinski definition) is 1. The van der Waals surface area contributed by atoms with Crippen LogP contribution in [0.15, 0.2) is 59.5 Å². The van der Waals surface area contributed by atoms with Crippen LogP contribution in [0.25, 0.3) is 33.7 Å². The molecule has 4 rings (SSSR count). The summed E-state index contributed by atoms with van der Waals surface area (Å²) in [5, 5.41) is 7.21. The van der Waals surface area contributed by atoms with Crippen molar-refractivity contribution in [1.29, 1.82) is 0 Å². The van der Waals surface area contributed by atoms with Gasteiger partial charge < -0.3 is 0 Å². The quantitative estimate of drug-likeness (QED) is 0.595. The van der Waals surface area contributed by atoms with E-state index in [1.807, 2.05) is 42.6 Å². The highest BCUT2D eigenvalue weighted by molar-refractivity contribution is 9.10. The third kappa shape index (κ3) is 2.27. The minimum Gasteiger partial charge on any atom is -0.284 e. The van der Waals surface area contributed by atoms with Crippen molar-refractivity contribution in [3.05, 3.63) is 59.5 Å². The lowest BCUT2D eigenvalue weighted by molar-refractivity contribution is 1.09. The summed E-state index contributed by atoms with van der Waals surface area (Å²) in [7, 11) is 0. The number of aromatic nitrogens is 5. The Morgan fingerprint density at radius 1 is 0.955 bits per heavy atom. The Hall–Kier alpha value is -2.60. The first-order valence-corrected chi connectivity index (χ1v) is 7.48. The van der Waals surface area contributed by atoms with Crippen LogP contribution in [0.2, 0.25) is 0 Å². The average Bonchev–Trinajstić information content (AvgIpc) is 3.04. The van der Waals surface area contributed by atoms with Crippen molar-refractivity contribution < 1.29 is 0 Å². The van der Waals surface area contributed by atoms with E-state index in [4.69, 9.17) is 0 Å². The molecule has 0 radical (unpaired) electrons. The maximum atomic E-state index is 4.68. The Balaban J connectivity index is 1.88. The van der Waals surface area contributed by atoms with Crippen LogP contribution in [0.5, 0.6) is 0 Å². The molecule has 0 spiro atoms. The van der Waals surface area contributed by atoms with Gasteiger partial charge in [-0.3, -0.25) is 15.1 Å². The molecule has 4 aromatic heterocycles. The van der Waals surface area contributed by atoms with E-state index in [1.165, 1.54) is 0 Å². The highest BCUT2D eigenvalue weighted by Gasteiger charge is 2.13. The fourth-order valence-corrected chi connectivity index (χ4v) is 2.63. The van der Waals surface area contributed by atoms with Gasteiger partial charge in [0.25, 0.3) is 0 Å². The lowest BCUT2D eigenvalue weighted by Crippen LogP contribution is -1.90. The summed E-state index contributed by atoms with van der Waals surface area (Å²) in [6, 6.07) is 11.6. The van der Waals surface area contributed by atoms with Gasteiger partial charge in [0.2, 0.25) is 0 Å². The van der Waals surface area contributed by atoms with E-state index in [-0.39, 0.29) is 0 Å². The molecule has 1 N–H and O–H groups in total. The van der Waals surface area contributed by atoms with Crippen molar-refractivity contribution in [1.82, 2.24) is 25.1 Å². The third-order valence-electron chi connectivity index (χ3n) is 3.33. The number of aromatic amines is 1. The summed E-state index contributed by atoms with van der Waals surface area (Å²) < 4.78 is 0.904. The van der Waals surface area contributed by atoms with Crippen molar-refractivity contribution >= 4 is 27.0 Å². The van der Waals surface area contributed by atoms with Crippen LogP contribution in [-0.4, -0.2) is 25.1 Å². The van der Waals surface area contributed by atoms with Crippen molar-refractivity contribution in [3.8, 4) is 22.6 Å². The Bertz CT molecular complexity index is 949. The SMILES string of the molecule is Brc1cnc2ccc(-c3c[nH]nc3-c3ccccn3)nc2c1. The smallest absolute Gasteiger partial charge is 0.120 e. The zero-order valence-corrected chi connectivity index (χ0v) is 12.9. The maximum absolute atomic E-state index is 4.68. The molecule has 0 unspecified atom stereocenters. The molecule has 106 valence electrons. The first-order chi connectivity index (χ1) is 10.8. The van der Waals surface area contributed by atoms with Crippen molar-refractivity contribution in [2.75, 3.05) is 0 Å². The molecule has 4 aromatic rings. The molecule has 0 aliphatic carbocycles. The first-order valence-electron chi connectivity index (χ1n) is 6.69. The van der Waals surface area contributed by atoms with Crippen LogP contribution in [-0.2, 0) is 0 Å². The minimum absolute atomic E-state index is 0.787. The van der Waals surface area contributed by atoms with Crippen LogP contribution >= 0.6 is 15.9 Å². The van der Waals surface area contributed by atoms with E-state index in [2.05, 4.69) is 41.1 Å². The van der Waals surface area contributed by atoms with Gasteiger partial charge in [-0.1, -0.05) is 6.07 Å². The highest BCUT2D eigenvalue weighted by atomic mass is 79.9. The molecule has 0 saturated carbocycles. The number of rotatable bonds is 2. The maximum Gasteiger partial charge on any atom is 0.120 e. The van der Waals surface area contributed by atoms with E-state index in [0.29, 0.717) is 0 Å². The Labute approximate surface area is 134 Å². The molecule has 0 atom stereocenters. The van der Waals surface area contributed by atoms with E-state index < -0.39 is 0 Å².